The van der Waals surface area contributed by atoms with Gasteiger partial charge in [-0.25, -0.2) is 29.1 Å². The van der Waals surface area contributed by atoms with Gasteiger partial charge in [0.15, 0.2) is 5.65 Å². The van der Waals surface area contributed by atoms with E-state index in [0.717, 1.165) is 12.0 Å². The molecular formula is C22H18FN7O3. The minimum Gasteiger partial charge on any atom is -0.453 e. The Labute approximate surface area is 187 Å². The van der Waals surface area contributed by atoms with Crippen LogP contribution in [0.3, 0.4) is 0 Å². The smallest absolute Gasteiger partial charge is 0.412 e. The molecule has 0 aliphatic carbocycles. The number of hydrogen-bond acceptors (Lipinski definition) is 7. The lowest BCUT2D eigenvalue weighted by Gasteiger charge is -2.28. The van der Waals surface area contributed by atoms with Crippen LogP contribution < -0.4 is 10.2 Å². The fraction of sp³-hybridized carbons (Fsp3) is 0.182. The van der Waals surface area contributed by atoms with E-state index in [2.05, 4.69) is 30.0 Å². The Balaban J connectivity index is 1.47. The van der Waals surface area contributed by atoms with E-state index in [0.29, 0.717) is 41.3 Å². The van der Waals surface area contributed by atoms with Gasteiger partial charge in [0.05, 0.1) is 25.2 Å². The molecule has 1 N–H and O–H groups in total. The summed E-state index contributed by atoms with van der Waals surface area (Å²) in [6.07, 6.45) is 5.38. The molecule has 0 fully saturated rings. The number of methoxy groups -OCH3 is 1. The zero-order valence-electron chi connectivity index (χ0n) is 17.5. The number of nitrogens with zero attached hydrogens (tertiary/aromatic N) is 6. The highest BCUT2D eigenvalue weighted by Gasteiger charge is 2.26. The topological polar surface area (TPSA) is 115 Å². The Morgan fingerprint density at radius 1 is 1.12 bits per heavy atom. The van der Waals surface area contributed by atoms with E-state index in [4.69, 9.17) is 0 Å². The number of anilines is 2. The molecule has 5 rings (SSSR count). The summed E-state index contributed by atoms with van der Waals surface area (Å²) in [6.45, 7) is 0.497. The third kappa shape index (κ3) is 3.84. The van der Waals surface area contributed by atoms with Crippen molar-refractivity contribution in [1.29, 1.82) is 0 Å². The summed E-state index contributed by atoms with van der Waals surface area (Å²) in [5, 5.41) is 2.48. The number of fused-ring (bicyclic) bond motifs is 2. The van der Waals surface area contributed by atoms with Gasteiger partial charge >= 0.3 is 6.09 Å². The van der Waals surface area contributed by atoms with E-state index >= 15 is 0 Å². The van der Waals surface area contributed by atoms with Crippen molar-refractivity contribution in [2.75, 3.05) is 23.9 Å². The quantitative estimate of drug-likeness (QED) is 0.513. The van der Waals surface area contributed by atoms with Crippen LogP contribution in [-0.2, 0) is 11.2 Å². The van der Waals surface area contributed by atoms with Gasteiger partial charge in [-0.3, -0.25) is 14.7 Å². The van der Waals surface area contributed by atoms with Crippen LogP contribution in [0.2, 0.25) is 0 Å². The molecule has 0 spiro atoms. The van der Waals surface area contributed by atoms with Crippen LogP contribution in [0.1, 0.15) is 22.6 Å². The van der Waals surface area contributed by atoms with Gasteiger partial charge in [0.25, 0.3) is 5.91 Å². The molecule has 4 aromatic rings. The van der Waals surface area contributed by atoms with Crippen molar-refractivity contribution >= 4 is 34.7 Å². The number of carbonyl (C=O) groups is 2. The second-order valence-electron chi connectivity index (χ2n) is 7.37. The zero-order valence-corrected chi connectivity index (χ0v) is 17.5. The third-order valence-corrected chi connectivity index (χ3v) is 5.33. The summed E-state index contributed by atoms with van der Waals surface area (Å²) < 4.78 is 19.8. The summed E-state index contributed by atoms with van der Waals surface area (Å²) in [6, 6.07) is 7.74. The van der Waals surface area contributed by atoms with Gasteiger partial charge in [-0.05, 0) is 48.7 Å². The number of rotatable bonds is 3. The van der Waals surface area contributed by atoms with E-state index in [1.54, 1.807) is 34.0 Å². The first kappa shape index (κ1) is 20.5. The summed E-state index contributed by atoms with van der Waals surface area (Å²) >= 11 is 0. The molecule has 0 atom stereocenters. The summed E-state index contributed by atoms with van der Waals surface area (Å²) in [7, 11) is 1.26. The number of pyridine rings is 1. The Morgan fingerprint density at radius 3 is 2.79 bits per heavy atom. The van der Waals surface area contributed by atoms with Crippen LogP contribution in [-0.4, -0.2) is 50.2 Å². The molecule has 2 amide bonds. The van der Waals surface area contributed by atoms with Crippen molar-refractivity contribution in [1.82, 2.24) is 24.5 Å². The van der Waals surface area contributed by atoms with E-state index < -0.39 is 6.09 Å². The number of nitrogens with one attached hydrogen (secondary N) is 1. The standard InChI is InChI=1S/C22H18FN7O3/c1-33-22(32)27-18-7-5-15(10-24-18)30-12-26-16-11-25-19(28-20(16)30)21(31)29-8-2-3-13-9-14(23)4-6-17(13)29/h4-7,9-12H,2-3,8H2,1H3,(H,24,27,32). The first-order chi connectivity index (χ1) is 16.0. The lowest BCUT2D eigenvalue weighted by atomic mass is 10.0. The molecule has 1 aromatic carbocycles. The van der Waals surface area contributed by atoms with Gasteiger partial charge in [-0.2, -0.15) is 0 Å². The molecule has 0 saturated heterocycles. The van der Waals surface area contributed by atoms with Gasteiger partial charge in [-0.15, -0.1) is 0 Å². The van der Waals surface area contributed by atoms with E-state index in [-0.39, 0.29) is 17.5 Å². The fourth-order valence-corrected chi connectivity index (χ4v) is 3.76. The van der Waals surface area contributed by atoms with Crippen molar-refractivity contribution in [3.05, 3.63) is 66.3 Å². The Hall–Kier alpha value is -4.41. The van der Waals surface area contributed by atoms with Gasteiger partial charge in [0, 0.05) is 12.2 Å². The second-order valence-corrected chi connectivity index (χ2v) is 7.37. The molecule has 4 heterocycles. The predicted molar refractivity (Wildman–Crippen MR) is 117 cm³/mol. The molecule has 1 aliphatic heterocycles. The van der Waals surface area contributed by atoms with Crippen LogP contribution >= 0.6 is 0 Å². The Kier molecular flexibility index (Phi) is 5.13. The average molecular weight is 447 g/mol. The number of amides is 2. The Bertz CT molecular complexity index is 1370. The minimum atomic E-state index is -0.624. The number of aryl methyl sites for hydroxylation is 1. The molecule has 0 bridgehead atoms. The maximum Gasteiger partial charge on any atom is 0.412 e. The molecule has 0 saturated carbocycles. The monoisotopic (exact) mass is 447 g/mol. The van der Waals surface area contributed by atoms with E-state index in [1.807, 2.05) is 0 Å². The summed E-state index contributed by atoms with van der Waals surface area (Å²) in [4.78, 5) is 43.3. The SMILES string of the molecule is COC(=O)Nc1ccc(-n2cnc3cnc(C(=O)N4CCCc5cc(F)ccc54)nc32)cn1. The second kappa shape index (κ2) is 8.26. The number of imidazole rings is 1. The minimum absolute atomic E-state index is 0.0124. The van der Waals surface area contributed by atoms with Crippen molar-refractivity contribution < 1.29 is 18.7 Å². The molecule has 0 unspecified atom stereocenters. The molecule has 0 radical (unpaired) electrons. The number of benzene rings is 1. The normalized spacial score (nSPS) is 13.0. The highest BCUT2D eigenvalue weighted by molar-refractivity contribution is 6.05. The highest BCUT2D eigenvalue weighted by atomic mass is 19.1. The molecule has 3 aromatic heterocycles. The van der Waals surface area contributed by atoms with Crippen LogP contribution in [0.5, 0.6) is 0 Å². The largest absolute Gasteiger partial charge is 0.453 e. The lowest BCUT2D eigenvalue weighted by Crippen LogP contribution is -2.36. The lowest BCUT2D eigenvalue weighted by molar-refractivity contribution is 0.0975. The third-order valence-electron chi connectivity index (χ3n) is 5.33. The summed E-state index contributed by atoms with van der Waals surface area (Å²) in [5.74, 6) is -0.363. The number of aromatic nitrogens is 5. The fourth-order valence-electron chi connectivity index (χ4n) is 3.76. The summed E-state index contributed by atoms with van der Waals surface area (Å²) in [5.41, 5.74) is 3.02. The predicted octanol–water partition coefficient (Wildman–Crippen LogP) is 3.12. The number of carbonyl (C=O) groups excluding carboxylic acids is 2. The number of ether oxygens (including phenoxy) is 1. The molecule has 10 nitrogen and oxygen atoms in total. The van der Waals surface area contributed by atoms with Crippen LogP contribution in [0.25, 0.3) is 16.9 Å². The first-order valence-electron chi connectivity index (χ1n) is 10.2. The molecule has 33 heavy (non-hydrogen) atoms. The molecular weight excluding hydrogens is 429 g/mol. The van der Waals surface area contributed by atoms with Gasteiger partial charge in [-0.1, -0.05) is 0 Å². The van der Waals surface area contributed by atoms with Gasteiger partial charge in [0.1, 0.15) is 23.5 Å². The van der Waals surface area contributed by atoms with Crippen LogP contribution in [0, 0.1) is 5.82 Å². The maximum atomic E-state index is 13.6. The zero-order chi connectivity index (χ0) is 22.9. The van der Waals surface area contributed by atoms with E-state index in [9.17, 15) is 14.0 Å². The maximum absolute atomic E-state index is 13.6. The Morgan fingerprint density at radius 2 is 2.00 bits per heavy atom. The van der Waals surface area contributed by atoms with Crippen LogP contribution in [0.4, 0.5) is 20.7 Å². The first-order valence-corrected chi connectivity index (χ1v) is 10.2. The average Bonchev–Trinajstić information content (AvgIpc) is 3.26. The van der Waals surface area contributed by atoms with Gasteiger partial charge in [0.2, 0.25) is 5.82 Å². The number of halogens is 1. The number of hydrogen-bond donors (Lipinski definition) is 1. The van der Waals surface area contributed by atoms with Crippen molar-refractivity contribution in [3.8, 4) is 5.69 Å². The molecule has 1 aliphatic rings. The molecule has 11 heteroatoms. The van der Waals surface area contributed by atoms with E-state index in [1.165, 1.54) is 31.6 Å². The highest BCUT2D eigenvalue weighted by Crippen LogP contribution is 2.29. The van der Waals surface area contributed by atoms with Crippen molar-refractivity contribution in [2.24, 2.45) is 0 Å². The van der Waals surface area contributed by atoms with Crippen LogP contribution in [0.15, 0.2) is 49.1 Å². The molecule has 166 valence electrons. The van der Waals surface area contributed by atoms with Gasteiger partial charge < -0.3 is 9.64 Å². The van der Waals surface area contributed by atoms with Crippen molar-refractivity contribution in [3.63, 3.8) is 0 Å². The van der Waals surface area contributed by atoms with Crippen molar-refractivity contribution in [2.45, 2.75) is 12.8 Å².